The molecule has 2 unspecified atom stereocenters. The van der Waals surface area contributed by atoms with Crippen molar-refractivity contribution < 1.29 is 19.4 Å². The van der Waals surface area contributed by atoms with Crippen molar-refractivity contribution in [3.63, 3.8) is 0 Å². The van der Waals surface area contributed by atoms with Gasteiger partial charge in [-0.3, -0.25) is 14.7 Å². The lowest BCUT2D eigenvalue weighted by atomic mass is 9.93. The van der Waals surface area contributed by atoms with Gasteiger partial charge < -0.3 is 14.6 Å². The Balaban J connectivity index is 2.01. The molecule has 0 amide bonds. The van der Waals surface area contributed by atoms with Crippen LogP contribution in [-0.4, -0.2) is 47.8 Å². The van der Waals surface area contributed by atoms with Crippen molar-refractivity contribution in [2.24, 2.45) is 5.92 Å². The smallest absolute Gasteiger partial charge is 0.307 e. The van der Waals surface area contributed by atoms with Crippen LogP contribution >= 0.6 is 0 Å². The number of aromatic nitrogens is 1. The second kappa shape index (κ2) is 9.06. The first-order valence-corrected chi connectivity index (χ1v) is 9.73. The summed E-state index contributed by atoms with van der Waals surface area (Å²) >= 11 is 0. The third-order valence-corrected chi connectivity index (χ3v) is 5.18. The third-order valence-electron chi connectivity index (χ3n) is 5.18. The molecule has 1 aliphatic rings. The first-order valence-electron chi connectivity index (χ1n) is 9.73. The molecular formula is C22H28N2O4. The van der Waals surface area contributed by atoms with E-state index in [2.05, 4.69) is 9.88 Å². The number of nitrogens with zero attached hydrogens (tertiary/aromatic N) is 2. The molecule has 0 spiro atoms. The van der Waals surface area contributed by atoms with E-state index in [1.807, 2.05) is 50.4 Å². The molecule has 2 heterocycles. The van der Waals surface area contributed by atoms with E-state index >= 15 is 0 Å². The number of carboxylic acids is 1. The number of hydrogen-bond donors (Lipinski definition) is 1. The largest absolute Gasteiger partial charge is 0.493 e. The zero-order valence-corrected chi connectivity index (χ0v) is 16.7. The third kappa shape index (κ3) is 4.44. The molecule has 0 bridgehead atoms. The second-order valence-corrected chi connectivity index (χ2v) is 7.18. The topological polar surface area (TPSA) is 71.9 Å². The molecule has 1 N–H and O–H groups in total. The summed E-state index contributed by atoms with van der Waals surface area (Å²) in [6.45, 7) is 5.84. The Bertz CT molecular complexity index is 807. The van der Waals surface area contributed by atoms with Crippen molar-refractivity contribution >= 4 is 5.97 Å². The second-order valence-electron chi connectivity index (χ2n) is 7.18. The molecule has 2 atom stereocenters. The number of aryl methyl sites for hydroxylation is 1. The molecule has 6 heteroatoms. The van der Waals surface area contributed by atoms with Crippen LogP contribution in [0, 0.1) is 12.8 Å². The molecule has 1 fully saturated rings. The molecule has 3 rings (SSSR count). The van der Waals surface area contributed by atoms with Gasteiger partial charge in [0.05, 0.1) is 31.4 Å². The summed E-state index contributed by atoms with van der Waals surface area (Å²) in [6.07, 6.45) is 3.42. The van der Waals surface area contributed by atoms with Crippen molar-refractivity contribution in [3.05, 3.63) is 53.3 Å². The van der Waals surface area contributed by atoms with Crippen molar-refractivity contribution in [1.29, 1.82) is 0 Å². The number of carbonyl (C=O) groups is 1. The van der Waals surface area contributed by atoms with Gasteiger partial charge in [0.25, 0.3) is 0 Å². The fraction of sp³-hybridized carbons (Fsp3) is 0.455. The van der Waals surface area contributed by atoms with Crippen LogP contribution in [0.5, 0.6) is 11.5 Å². The Morgan fingerprint density at radius 3 is 2.79 bits per heavy atom. The fourth-order valence-electron chi connectivity index (χ4n) is 3.78. The van der Waals surface area contributed by atoms with Crippen molar-refractivity contribution in [1.82, 2.24) is 9.88 Å². The Hall–Kier alpha value is -2.60. The summed E-state index contributed by atoms with van der Waals surface area (Å²) in [5, 5.41) is 9.51. The molecular weight excluding hydrogens is 356 g/mol. The SMILES string of the molecule is CCOc1ccc(C(c2ccc(C)cn2)N2CCCC(C(=O)O)C2)cc1OC. The van der Waals surface area contributed by atoms with Crippen LogP contribution in [-0.2, 0) is 4.79 Å². The lowest BCUT2D eigenvalue weighted by Crippen LogP contribution is -2.41. The van der Waals surface area contributed by atoms with Crippen LogP contribution in [0.4, 0.5) is 0 Å². The summed E-state index contributed by atoms with van der Waals surface area (Å²) in [4.78, 5) is 18.4. The molecule has 1 aromatic carbocycles. The van der Waals surface area contributed by atoms with Crippen LogP contribution in [0.1, 0.15) is 42.6 Å². The maximum atomic E-state index is 11.6. The first-order chi connectivity index (χ1) is 13.5. The lowest BCUT2D eigenvalue weighted by Gasteiger charge is -2.37. The molecule has 0 saturated carbocycles. The highest BCUT2D eigenvalue weighted by atomic mass is 16.5. The zero-order chi connectivity index (χ0) is 20.1. The molecule has 150 valence electrons. The number of hydrogen-bond acceptors (Lipinski definition) is 5. The number of benzene rings is 1. The van der Waals surface area contributed by atoms with E-state index in [0.29, 0.717) is 31.1 Å². The van der Waals surface area contributed by atoms with Gasteiger partial charge >= 0.3 is 5.97 Å². The highest BCUT2D eigenvalue weighted by Crippen LogP contribution is 2.36. The molecule has 1 aromatic heterocycles. The minimum Gasteiger partial charge on any atom is -0.493 e. The minimum atomic E-state index is -0.732. The van der Waals surface area contributed by atoms with Gasteiger partial charge in [0.1, 0.15) is 0 Å². The van der Waals surface area contributed by atoms with Crippen LogP contribution in [0.2, 0.25) is 0 Å². The predicted molar refractivity (Wildman–Crippen MR) is 107 cm³/mol. The number of ether oxygens (including phenoxy) is 2. The van der Waals surface area contributed by atoms with Crippen LogP contribution in [0.25, 0.3) is 0 Å². The van der Waals surface area contributed by atoms with E-state index in [9.17, 15) is 9.90 Å². The maximum absolute atomic E-state index is 11.6. The maximum Gasteiger partial charge on any atom is 0.307 e. The summed E-state index contributed by atoms with van der Waals surface area (Å²) < 4.78 is 11.2. The number of carboxylic acid groups (broad SMARTS) is 1. The average Bonchev–Trinajstić information content (AvgIpc) is 2.71. The summed E-state index contributed by atoms with van der Waals surface area (Å²) in [5.41, 5.74) is 3.01. The highest BCUT2D eigenvalue weighted by molar-refractivity contribution is 5.70. The predicted octanol–water partition coefficient (Wildman–Crippen LogP) is 3.68. The van der Waals surface area contributed by atoms with Gasteiger partial charge in [-0.2, -0.15) is 0 Å². The fourth-order valence-corrected chi connectivity index (χ4v) is 3.78. The monoisotopic (exact) mass is 384 g/mol. The highest BCUT2D eigenvalue weighted by Gasteiger charge is 2.32. The molecule has 2 aromatic rings. The van der Waals surface area contributed by atoms with E-state index in [1.54, 1.807) is 7.11 Å². The van der Waals surface area contributed by atoms with Crippen LogP contribution in [0.15, 0.2) is 36.5 Å². The Morgan fingerprint density at radius 2 is 2.14 bits per heavy atom. The van der Waals surface area contributed by atoms with Gasteiger partial charge in [0.2, 0.25) is 0 Å². The van der Waals surface area contributed by atoms with Gasteiger partial charge in [-0.15, -0.1) is 0 Å². The van der Waals surface area contributed by atoms with Crippen molar-refractivity contribution in [2.75, 3.05) is 26.8 Å². The normalized spacial score (nSPS) is 18.5. The van der Waals surface area contributed by atoms with Gasteiger partial charge in [-0.1, -0.05) is 12.1 Å². The Labute approximate surface area is 166 Å². The summed E-state index contributed by atoms with van der Waals surface area (Å²) in [6, 6.07) is 9.84. The minimum absolute atomic E-state index is 0.132. The summed E-state index contributed by atoms with van der Waals surface area (Å²) in [7, 11) is 1.63. The van der Waals surface area contributed by atoms with E-state index < -0.39 is 5.97 Å². The van der Waals surface area contributed by atoms with E-state index in [0.717, 1.165) is 29.8 Å². The van der Waals surface area contributed by atoms with Crippen molar-refractivity contribution in [2.45, 2.75) is 32.7 Å². The number of aliphatic carboxylic acids is 1. The molecule has 1 saturated heterocycles. The van der Waals surface area contributed by atoms with Crippen LogP contribution < -0.4 is 9.47 Å². The number of pyridine rings is 1. The number of methoxy groups -OCH3 is 1. The molecule has 0 radical (unpaired) electrons. The zero-order valence-electron chi connectivity index (χ0n) is 16.7. The Morgan fingerprint density at radius 1 is 1.32 bits per heavy atom. The van der Waals surface area contributed by atoms with Gasteiger partial charge in [-0.25, -0.2) is 0 Å². The van der Waals surface area contributed by atoms with Gasteiger partial charge in [0, 0.05) is 12.7 Å². The molecule has 1 aliphatic heterocycles. The van der Waals surface area contributed by atoms with Gasteiger partial charge in [0.15, 0.2) is 11.5 Å². The number of piperidine rings is 1. The standard InChI is InChI=1S/C22H28N2O4/c1-4-28-19-10-8-16(12-20(19)27-3)21(18-9-7-15(2)13-23-18)24-11-5-6-17(14-24)22(25)26/h7-10,12-13,17,21H,4-6,11,14H2,1-3H3,(H,25,26). The first kappa shape index (κ1) is 20.1. The molecule has 0 aliphatic carbocycles. The van der Waals surface area contributed by atoms with E-state index in [1.165, 1.54) is 0 Å². The number of likely N-dealkylation sites (tertiary alicyclic amines) is 1. The van der Waals surface area contributed by atoms with Gasteiger partial charge in [-0.05, 0) is 62.6 Å². The van der Waals surface area contributed by atoms with Crippen molar-refractivity contribution in [3.8, 4) is 11.5 Å². The lowest BCUT2D eigenvalue weighted by molar-refractivity contribution is -0.143. The molecule has 28 heavy (non-hydrogen) atoms. The average molecular weight is 384 g/mol. The van der Waals surface area contributed by atoms with E-state index in [-0.39, 0.29) is 12.0 Å². The molecule has 6 nitrogen and oxygen atoms in total. The quantitative estimate of drug-likeness (QED) is 0.785. The number of rotatable bonds is 7. The summed E-state index contributed by atoms with van der Waals surface area (Å²) in [5.74, 6) is 0.283. The van der Waals surface area contributed by atoms with Crippen LogP contribution in [0.3, 0.4) is 0 Å². The van der Waals surface area contributed by atoms with E-state index in [4.69, 9.17) is 9.47 Å². The Kier molecular flexibility index (Phi) is 6.52.